The number of hydrogen-bond acceptors (Lipinski definition) is 2. The standard InChI is InChI=1S/C13H16O2/c1-10(11(2)15-12(3)14)9-13-7-5-4-6-8-13/h4-9,11H,1-3H3/b10-9+/t11-/m0/s1. The molecule has 15 heavy (non-hydrogen) atoms. The van der Waals surface area contributed by atoms with Crippen LogP contribution in [0.15, 0.2) is 35.9 Å². The van der Waals surface area contributed by atoms with E-state index in [1.54, 1.807) is 0 Å². The summed E-state index contributed by atoms with van der Waals surface area (Å²) in [4.78, 5) is 10.8. The van der Waals surface area contributed by atoms with Crippen LogP contribution in [-0.2, 0) is 9.53 Å². The summed E-state index contributed by atoms with van der Waals surface area (Å²) in [5.74, 6) is -0.247. The first-order chi connectivity index (χ1) is 7.09. The van der Waals surface area contributed by atoms with Gasteiger partial charge in [0.15, 0.2) is 0 Å². The number of esters is 1. The van der Waals surface area contributed by atoms with Gasteiger partial charge in [-0.05, 0) is 25.0 Å². The first-order valence-electron chi connectivity index (χ1n) is 5.00. The fraction of sp³-hybridized carbons (Fsp3) is 0.308. The van der Waals surface area contributed by atoms with Crippen molar-refractivity contribution in [3.63, 3.8) is 0 Å². The van der Waals surface area contributed by atoms with Crippen molar-refractivity contribution in [3.05, 3.63) is 41.5 Å². The zero-order valence-corrected chi connectivity index (χ0v) is 9.36. The molecule has 0 saturated carbocycles. The molecular weight excluding hydrogens is 188 g/mol. The topological polar surface area (TPSA) is 26.3 Å². The van der Waals surface area contributed by atoms with Crippen LogP contribution in [0.25, 0.3) is 6.08 Å². The van der Waals surface area contributed by atoms with Crippen molar-refractivity contribution < 1.29 is 9.53 Å². The largest absolute Gasteiger partial charge is 0.458 e. The third-order valence-corrected chi connectivity index (χ3v) is 2.18. The summed E-state index contributed by atoms with van der Waals surface area (Å²) >= 11 is 0. The molecule has 2 nitrogen and oxygen atoms in total. The summed E-state index contributed by atoms with van der Waals surface area (Å²) in [5.41, 5.74) is 2.16. The quantitative estimate of drug-likeness (QED) is 0.707. The molecule has 0 fully saturated rings. The molecule has 1 aromatic carbocycles. The Morgan fingerprint density at radius 1 is 1.27 bits per heavy atom. The number of rotatable bonds is 3. The van der Waals surface area contributed by atoms with Gasteiger partial charge in [0.05, 0.1) is 0 Å². The highest BCUT2D eigenvalue weighted by Gasteiger charge is 2.06. The van der Waals surface area contributed by atoms with E-state index in [-0.39, 0.29) is 12.1 Å². The van der Waals surface area contributed by atoms with Gasteiger partial charge in [-0.3, -0.25) is 4.79 Å². The molecule has 0 aromatic heterocycles. The van der Waals surface area contributed by atoms with Gasteiger partial charge in [0, 0.05) is 6.92 Å². The Morgan fingerprint density at radius 3 is 2.40 bits per heavy atom. The molecule has 0 heterocycles. The molecular formula is C13H16O2. The maximum absolute atomic E-state index is 10.8. The van der Waals surface area contributed by atoms with E-state index < -0.39 is 0 Å². The molecule has 0 aliphatic heterocycles. The highest BCUT2D eigenvalue weighted by atomic mass is 16.5. The molecule has 0 saturated heterocycles. The van der Waals surface area contributed by atoms with Crippen LogP contribution in [0.2, 0.25) is 0 Å². The number of carbonyl (C=O) groups is 1. The molecule has 0 aliphatic rings. The summed E-state index contributed by atoms with van der Waals surface area (Å²) < 4.78 is 5.08. The van der Waals surface area contributed by atoms with Gasteiger partial charge < -0.3 is 4.74 Å². The highest BCUT2D eigenvalue weighted by molar-refractivity contribution is 5.67. The van der Waals surface area contributed by atoms with E-state index in [1.807, 2.05) is 50.3 Å². The molecule has 0 radical (unpaired) electrons. The van der Waals surface area contributed by atoms with Gasteiger partial charge >= 0.3 is 5.97 Å². The molecule has 0 N–H and O–H groups in total. The first-order valence-corrected chi connectivity index (χ1v) is 5.00. The molecule has 1 aromatic rings. The fourth-order valence-electron chi connectivity index (χ4n) is 1.27. The number of benzene rings is 1. The molecule has 80 valence electrons. The van der Waals surface area contributed by atoms with Gasteiger partial charge in [0.2, 0.25) is 0 Å². The Kier molecular flexibility index (Phi) is 4.10. The summed E-state index contributed by atoms with van der Waals surface area (Å²) in [6.45, 7) is 5.25. The maximum Gasteiger partial charge on any atom is 0.303 e. The second kappa shape index (κ2) is 5.35. The molecule has 0 aliphatic carbocycles. The molecule has 1 atom stereocenters. The Hall–Kier alpha value is -1.57. The summed E-state index contributed by atoms with van der Waals surface area (Å²) in [6.07, 6.45) is 1.86. The van der Waals surface area contributed by atoms with Gasteiger partial charge in [0.25, 0.3) is 0 Å². The van der Waals surface area contributed by atoms with Gasteiger partial charge in [-0.15, -0.1) is 0 Å². The minimum absolute atomic E-state index is 0.164. The predicted molar refractivity (Wildman–Crippen MR) is 61.3 cm³/mol. The van der Waals surface area contributed by atoms with Crippen LogP contribution in [0.4, 0.5) is 0 Å². The minimum atomic E-state index is -0.247. The third-order valence-electron chi connectivity index (χ3n) is 2.18. The van der Waals surface area contributed by atoms with Gasteiger partial charge in [-0.1, -0.05) is 36.4 Å². The van der Waals surface area contributed by atoms with E-state index in [2.05, 4.69) is 0 Å². The summed E-state index contributed by atoms with van der Waals surface area (Å²) in [7, 11) is 0. The first kappa shape index (κ1) is 11.5. The van der Waals surface area contributed by atoms with Crippen LogP contribution in [0.1, 0.15) is 26.3 Å². The average Bonchev–Trinajstić information content (AvgIpc) is 2.18. The van der Waals surface area contributed by atoms with Crippen molar-refractivity contribution in [2.24, 2.45) is 0 Å². The minimum Gasteiger partial charge on any atom is -0.458 e. The number of carbonyl (C=O) groups excluding carboxylic acids is 1. The third kappa shape index (κ3) is 3.98. The molecule has 1 rings (SSSR count). The molecule has 0 spiro atoms. The fourth-order valence-corrected chi connectivity index (χ4v) is 1.27. The molecule has 2 heteroatoms. The van der Waals surface area contributed by atoms with Crippen LogP contribution in [0.5, 0.6) is 0 Å². The Morgan fingerprint density at radius 2 is 1.87 bits per heavy atom. The average molecular weight is 204 g/mol. The lowest BCUT2D eigenvalue weighted by molar-refractivity contribution is -0.143. The van der Waals surface area contributed by atoms with Crippen molar-refractivity contribution in [2.75, 3.05) is 0 Å². The monoisotopic (exact) mass is 204 g/mol. The van der Waals surface area contributed by atoms with E-state index in [0.29, 0.717) is 0 Å². The van der Waals surface area contributed by atoms with Crippen LogP contribution >= 0.6 is 0 Å². The second-order valence-electron chi connectivity index (χ2n) is 3.55. The van der Waals surface area contributed by atoms with Crippen molar-refractivity contribution in [2.45, 2.75) is 26.9 Å². The van der Waals surface area contributed by atoms with Crippen LogP contribution < -0.4 is 0 Å². The maximum atomic E-state index is 10.8. The Balaban J connectivity index is 2.71. The number of hydrogen-bond donors (Lipinski definition) is 0. The molecule has 0 bridgehead atoms. The van der Waals surface area contributed by atoms with Crippen LogP contribution in [-0.4, -0.2) is 12.1 Å². The lowest BCUT2D eigenvalue weighted by Crippen LogP contribution is -2.13. The van der Waals surface area contributed by atoms with Crippen LogP contribution in [0.3, 0.4) is 0 Å². The van der Waals surface area contributed by atoms with Crippen molar-refractivity contribution in [3.8, 4) is 0 Å². The van der Waals surface area contributed by atoms with Gasteiger partial charge in [0.1, 0.15) is 6.10 Å². The Labute approximate surface area is 90.6 Å². The van der Waals surface area contributed by atoms with E-state index >= 15 is 0 Å². The second-order valence-corrected chi connectivity index (χ2v) is 3.55. The smallest absolute Gasteiger partial charge is 0.303 e. The molecule has 0 amide bonds. The number of ether oxygens (including phenoxy) is 1. The Bertz CT molecular complexity index is 352. The lowest BCUT2D eigenvalue weighted by atomic mass is 10.1. The van der Waals surface area contributed by atoms with E-state index in [1.165, 1.54) is 6.92 Å². The lowest BCUT2D eigenvalue weighted by Gasteiger charge is -2.12. The van der Waals surface area contributed by atoms with Crippen molar-refractivity contribution >= 4 is 12.0 Å². The van der Waals surface area contributed by atoms with E-state index in [4.69, 9.17) is 4.74 Å². The van der Waals surface area contributed by atoms with Crippen LogP contribution in [0, 0.1) is 0 Å². The molecule has 0 unspecified atom stereocenters. The zero-order chi connectivity index (χ0) is 11.3. The van der Waals surface area contributed by atoms with Crippen molar-refractivity contribution in [1.29, 1.82) is 0 Å². The van der Waals surface area contributed by atoms with E-state index in [9.17, 15) is 4.79 Å². The summed E-state index contributed by atoms with van der Waals surface area (Å²) in [6, 6.07) is 9.97. The summed E-state index contributed by atoms with van der Waals surface area (Å²) in [5, 5.41) is 0. The zero-order valence-electron chi connectivity index (χ0n) is 9.36. The normalized spacial score (nSPS) is 13.4. The highest BCUT2D eigenvalue weighted by Crippen LogP contribution is 2.11. The van der Waals surface area contributed by atoms with Gasteiger partial charge in [-0.25, -0.2) is 0 Å². The SMILES string of the molecule is CC(=O)O[C@@H](C)/C(C)=C/c1ccccc1. The van der Waals surface area contributed by atoms with Crippen molar-refractivity contribution in [1.82, 2.24) is 0 Å². The van der Waals surface area contributed by atoms with E-state index in [0.717, 1.165) is 11.1 Å². The predicted octanol–water partition coefficient (Wildman–Crippen LogP) is 3.04. The van der Waals surface area contributed by atoms with Gasteiger partial charge in [-0.2, -0.15) is 0 Å².